The molecule has 3 rings (SSSR count). The number of anilines is 1. The molecule has 0 spiro atoms. The van der Waals surface area contributed by atoms with Crippen molar-refractivity contribution < 1.29 is 18.7 Å². The molecule has 2 N–H and O–H groups in total. The molecule has 2 heterocycles. The van der Waals surface area contributed by atoms with Gasteiger partial charge in [0.2, 0.25) is 5.91 Å². The van der Waals surface area contributed by atoms with Gasteiger partial charge in [0.15, 0.2) is 5.82 Å². The van der Waals surface area contributed by atoms with Crippen LogP contribution in [0.25, 0.3) is 5.78 Å². The molecule has 0 bridgehead atoms. The molecule has 0 saturated carbocycles. The first-order valence-electron chi connectivity index (χ1n) is 10.7. The van der Waals surface area contributed by atoms with E-state index in [0.717, 1.165) is 17.0 Å². The van der Waals surface area contributed by atoms with E-state index in [4.69, 9.17) is 4.74 Å². The van der Waals surface area contributed by atoms with Crippen LogP contribution in [0.15, 0.2) is 18.2 Å². The molecule has 9 nitrogen and oxygen atoms in total. The fourth-order valence-electron chi connectivity index (χ4n) is 3.28. The number of nitrogens with zero attached hydrogens (tertiary/aromatic N) is 4. The number of carbonyl (C=O) groups is 2. The highest BCUT2D eigenvalue weighted by Crippen LogP contribution is 2.18. The van der Waals surface area contributed by atoms with Crippen molar-refractivity contribution in [1.29, 1.82) is 0 Å². The van der Waals surface area contributed by atoms with Crippen LogP contribution >= 0.6 is 0 Å². The van der Waals surface area contributed by atoms with Gasteiger partial charge in [0.25, 0.3) is 5.78 Å². The normalized spacial score (nSPS) is 11.5. The van der Waals surface area contributed by atoms with Gasteiger partial charge in [0.1, 0.15) is 11.4 Å². The van der Waals surface area contributed by atoms with E-state index >= 15 is 0 Å². The minimum atomic E-state index is -0.597. The Bertz CT molecular complexity index is 1200. The number of rotatable bonds is 6. The van der Waals surface area contributed by atoms with Crippen molar-refractivity contribution in [3.8, 4) is 0 Å². The first kappa shape index (κ1) is 24.1. The second kappa shape index (κ2) is 9.51. The third-order valence-corrected chi connectivity index (χ3v) is 4.94. The lowest BCUT2D eigenvalue weighted by molar-refractivity contribution is -0.116. The number of aryl methyl sites for hydroxylation is 3. The van der Waals surface area contributed by atoms with E-state index < -0.39 is 11.7 Å². The molecule has 2 aromatic heterocycles. The van der Waals surface area contributed by atoms with Crippen LogP contribution in [0.4, 0.5) is 14.9 Å². The number of fused-ring (bicyclic) bond motifs is 1. The van der Waals surface area contributed by atoms with Gasteiger partial charge in [0, 0.05) is 23.5 Å². The number of halogens is 1. The van der Waals surface area contributed by atoms with E-state index in [1.54, 1.807) is 44.3 Å². The minimum absolute atomic E-state index is 0.0988. The van der Waals surface area contributed by atoms with Crippen LogP contribution < -0.4 is 10.6 Å². The number of aromatic nitrogens is 4. The number of carbonyl (C=O) groups excluding carboxylic acids is 2. The van der Waals surface area contributed by atoms with Crippen LogP contribution in [-0.2, 0) is 22.5 Å². The number of amides is 2. The maximum Gasteiger partial charge on any atom is 0.408 e. The molecule has 0 saturated heterocycles. The number of nitrogens with one attached hydrogen (secondary N) is 2. The zero-order chi connectivity index (χ0) is 24.3. The molecule has 10 heteroatoms. The van der Waals surface area contributed by atoms with Crippen molar-refractivity contribution in [3.63, 3.8) is 0 Å². The van der Waals surface area contributed by atoms with Crippen molar-refractivity contribution in [2.45, 2.75) is 66.5 Å². The van der Waals surface area contributed by atoms with Gasteiger partial charge < -0.3 is 15.4 Å². The highest BCUT2D eigenvalue weighted by molar-refractivity contribution is 5.90. The van der Waals surface area contributed by atoms with Gasteiger partial charge in [-0.3, -0.25) is 4.79 Å². The molecule has 3 aromatic rings. The molecule has 33 heavy (non-hydrogen) atoms. The van der Waals surface area contributed by atoms with Crippen molar-refractivity contribution in [2.75, 3.05) is 5.32 Å². The SMILES string of the molecule is Cc1ccc(NC(=O)CCc2c(C)nc3nc(CNC(=O)OC(C)(C)C)nn3c2C)cc1F. The van der Waals surface area contributed by atoms with Gasteiger partial charge in [0.05, 0.1) is 6.54 Å². The molecule has 176 valence electrons. The van der Waals surface area contributed by atoms with Gasteiger partial charge in [-0.25, -0.2) is 18.7 Å². The summed E-state index contributed by atoms with van der Waals surface area (Å²) in [7, 11) is 0. The van der Waals surface area contributed by atoms with Crippen molar-refractivity contribution >= 4 is 23.5 Å². The predicted octanol–water partition coefficient (Wildman–Crippen LogP) is 3.78. The molecule has 0 aliphatic rings. The summed E-state index contributed by atoms with van der Waals surface area (Å²) >= 11 is 0. The standard InChI is InChI=1S/C23H29FN6O3/c1-13-7-8-16(11-18(13)24)27-20(31)10-9-17-14(2)26-21-28-19(29-30(21)15(17)3)12-25-22(32)33-23(4,5)6/h7-8,11H,9-10,12H2,1-6H3,(H,25,32)(H,27,31). The lowest BCUT2D eigenvalue weighted by Gasteiger charge is -2.19. The van der Waals surface area contributed by atoms with E-state index in [0.29, 0.717) is 29.3 Å². The van der Waals surface area contributed by atoms with E-state index in [1.807, 2.05) is 13.8 Å². The van der Waals surface area contributed by atoms with Crippen molar-refractivity contribution in [3.05, 3.63) is 52.4 Å². The highest BCUT2D eigenvalue weighted by Gasteiger charge is 2.18. The molecule has 0 radical (unpaired) electrons. The highest BCUT2D eigenvalue weighted by atomic mass is 19.1. The molecular weight excluding hydrogens is 427 g/mol. The largest absolute Gasteiger partial charge is 0.444 e. The number of hydrogen-bond donors (Lipinski definition) is 2. The maximum absolute atomic E-state index is 13.7. The Balaban J connectivity index is 1.67. The lowest BCUT2D eigenvalue weighted by atomic mass is 10.1. The summed E-state index contributed by atoms with van der Waals surface area (Å²) in [4.78, 5) is 33.1. The van der Waals surface area contributed by atoms with E-state index in [1.165, 1.54) is 6.07 Å². The summed E-state index contributed by atoms with van der Waals surface area (Å²) < 4.78 is 20.5. The second-order valence-corrected chi connectivity index (χ2v) is 8.87. The summed E-state index contributed by atoms with van der Waals surface area (Å²) in [6, 6.07) is 4.60. The molecule has 2 amide bonds. The van der Waals surface area contributed by atoms with Crippen molar-refractivity contribution in [2.24, 2.45) is 0 Å². The molecule has 0 atom stereocenters. The smallest absolute Gasteiger partial charge is 0.408 e. The zero-order valence-corrected chi connectivity index (χ0v) is 19.7. The van der Waals surface area contributed by atoms with Crippen LogP contribution in [0, 0.1) is 26.6 Å². The molecule has 1 aromatic carbocycles. The Morgan fingerprint density at radius 1 is 1.15 bits per heavy atom. The third-order valence-electron chi connectivity index (χ3n) is 4.94. The maximum atomic E-state index is 13.7. The summed E-state index contributed by atoms with van der Waals surface area (Å²) in [5.74, 6) is 0.219. The molecule has 0 aliphatic heterocycles. The summed E-state index contributed by atoms with van der Waals surface area (Å²) in [6.45, 7) is 10.8. The molecular formula is C23H29FN6O3. The Kier molecular flexibility index (Phi) is 6.95. The monoisotopic (exact) mass is 456 g/mol. The van der Waals surface area contributed by atoms with E-state index in [9.17, 15) is 14.0 Å². The minimum Gasteiger partial charge on any atom is -0.444 e. The summed E-state index contributed by atoms with van der Waals surface area (Å²) in [6.07, 6.45) is 0.0838. The number of alkyl carbamates (subject to hydrolysis) is 1. The molecule has 0 fully saturated rings. The quantitative estimate of drug-likeness (QED) is 0.584. The topological polar surface area (TPSA) is 111 Å². The Morgan fingerprint density at radius 3 is 2.55 bits per heavy atom. The van der Waals surface area contributed by atoms with Crippen molar-refractivity contribution in [1.82, 2.24) is 24.9 Å². The number of benzene rings is 1. The molecule has 0 unspecified atom stereocenters. The first-order valence-corrected chi connectivity index (χ1v) is 10.7. The lowest BCUT2D eigenvalue weighted by Crippen LogP contribution is -2.32. The fraction of sp³-hybridized carbons (Fsp3) is 0.435. The van der Waals surface area contributed by atoms with Gasteiger partial charge in [-0.15, -0.1) is 5.10 Å². The van der Waals surface area contributed by atoms with Crippen LogP contribution in [0.3, 0.4) is 0 Å². The Hall–Kier alpha value is -3.56. The zero-order valence-electron chi connectivity index (χ0n) is 19.7. The van der Waals surface area contributed by atoms with E-state index in [-0.39, 0.29) is 24.7 Å². The Labute approximate surface area is 191 Å². The average molecular weight is 457 g/mol. The van der Waals surface area contributed by atoms with E-state index in [2.05, 4.69) is 25.7 Å². The third kappa shape index (κ3) is 6.24. The number of ether oxygens (including phenoxy) is 1. The van der Waals surface area contributed by atoms with Crippen LogP contribution in [-0.4, -0.2) is 37.2 Å². The summed E-state index contributed by atoms with van der Waals surface area (Å²) in [5, 5.41) is 9.77. The van der Waals surface area contributed by atoms with Crippen LogP contribution in [0.2, 0.25) is 0 Å². The first-order chi connectivity index (χ1) is 15.4. The second-order valence-electron chi connectivity index (χ2n) is 8.87. The van der Waals surface area contributed by atoms with Gasteiger partial charge >= 0.3 is 6.09 Å². The average Bonchev–Trinajstić information content (AvgIpc) is 3.11. The predicted molar refractivity (Wildman–Crippen MR) is 121 cm³/mol. The van der Waals surface area contributed by atoms with Gasteiger partial charge in [-0.05, 0) is 71.2 Å². The summed E-state index contributed by atoms with van der Waals surface area (Å²) in [5.41, 5.74) is 2.77. The van der Waals surface area contributed by atoms with Gasteiger partial charge in [-0.2, -0.15) is 4.98 Å². The van der Waals surface area contributed by atoms with Gasteiger partial charge in [-0.1, -0.05) is 6.07 Å². The molecule has 0 aliphatic carbocycles. The fourth-order valence-corrected chi connectivity index (χ4v) is 3.28. The Morgan fingerprint density at radius 2 is 1.88 bits per heavy atom. The van der Waals surface area contributed by atoms with Crippen LogP contribution in [0.1, 0.15) is 55.5 Å². The van der Waals surface area contributed by atoms with Crippen LogP contribution in [0.5, 0.6) is 0 Å². The number of hydrogen-bond acceptors (Lipinski definition) is 6.